The van der Waals surface area contributed by atoms with Crippen molar-refractivity contribution in [3.8, 4) is 5.75 Å². The summed E-state index contributed by atoms with van der Waals surface area (Å²) < 4.78 is 5.21. The van der Waals surface area contributed by atoms with Gasteiger partial charge in [0.05, 0.1) is 12.7 Å². The number of hydrogen-bond acceptors (Lipinski definition) is 6. The third kappa shape index (κ3) is 2.48. The molecule has 2 N–H and O–H groups in total. The number of ketones is 2. The molecule has 32 heavy (non-hydrogen) atoms. The molecule has 0 unspecified atom stereocenters. The number of benzene rings is 3. The zero-order valence-corrected chi connectivity index (χ0v) is 17.6. The topological polar surface area (TPSA) is 87.1 Å². The number of nitrogens with zero attached hydrogens (tertiary/aromatic N) is 1. The van der Waals surface area contributed by atoms with E-state index in [-0.39, 0.29) is 16.7 Å². The highest BCUT2D eigenvalue weighted by atomic mass is 16.5. The van der Waals surface area contributed by atoms with Crippen molar-refractivity contribution < 1.29 is 24.5 Å². The van der Waals surface area contributed by atoms with Crippen molar-refractivity contribution in [1.29, 1.82) is 0 Å². The molecule has 0 fully saturated rings. The molecule has 0 spiro atoms. The van der Waals surface area contributed by atoms with Crippen molar-refractivity contribution in [3.63, 3.8) is 0 Å². The molecule has 160 valence electrons. The molecular formula is C26H21NO5. The van der Waals surface area contributed by atoms with Crippen molar-refractivity contribution in [2.75, 3.05) is 12.0 Å². The average molecular weight is 427 g/mol. The SMILES string of the molecule is COc1ccc(N2C=C(C(=O)c3ccc(C)cc3)[C@]3(O)C(=O)c4ccccc4[C@]23O)cc1. The maximum atomic E-state index is 13.5. The fraction of sp³-hybridized carbons (Fsp3) is 0.154. The van der Waals surface area contributed by atoms with Gasteiger partial charge in [-0.15, -0.1) is 0 Å². The summed E-state index contributed by atoms with van der Waals surface area (Å²) in [7, 11) is 1.54. The van der Waals surface area contributed by atoms with Gasteiger partial charge in [0.1, 0.15) is 5.75 Å². The minimum atomic E-state index is -2.46. The van der Waals surface area contributed by atoms with Crippen molar-refractivity contribution in [1.82, 2.24) is 0 Å². The number of aliphatic hydroxyl groups is 2. The number of methoxy groups -OCH3 is 1. The quantitative estimate of drug-likeness (QED) is 0.621. The second-order valence-corrected chi connectivity index (χ2v) is 8.06. The third-order valence-electron chi connectivity index (χ3n) is 6.29. The first kappa shape index (κ1) is 20.2. The van der Waals surface area contributed by atoms with E-state index in [0.717, 1.165) is 5.56 Å². The molecule has 0 bridgehead atoms. The van der Waals surface area contributed by atoms with Gasteiger partial charge in [0.2, 0.25) is 17.1 Å². The predicted octanol–water partition coefficient (Wildman–Crippen LogP) is 3.36. The lowest BCUT2D eigenvalue weighted by molar-refractivity contribution is -0.0878. The zero-order chi connectivity index (χ0) is 22.7. The molecule has 2 aliphatic rings. The summed E-state index contributed by atoms with van der Waals surface area (Å²) in [6, 6.07) is 20.1. The van der Waals surface area contributed by atoms with Crippen LogP contribution in [0.25, 0.3) is 0 Å². The smallest absolute Gasteiger partial charge is 0.211 e. The number of fused-ring (bicyclic) bond motifs is 3. The number of anilines is 1. The minimum absolute atomic E-state index is 0.179. The van der Waals surface area contributed by atoms with E-state index in [1.54, 1.807) is 79.9 Å². The van der Waals surface area contributed by atoms with E-state index >= 15 is 0 Å². The number of carbonyl (C=O) groups is 2. The Morgan fingerprint density at radius 2 is 1.59 bits per heavy atom. The molecule has 0 saturated carbocycles. The predicted molar refractivity (Wildman–Crippen MR) is 119 cm³/mol. The van der Waals surface area contributed by atoms with Gasteiger partial charge in [-0.05, 0) is 31.2 Å². The zero-order valence-electron chi connectivity index (χ0n) is 17.6. The first-order valence-corrected chi connectivity index (χ1v) is 10.2. The molecule has 0 amide bonds. The van der Waals surface area contributed by atoms with Crippen LogP contribution in [0.4, 0.5) is 5.69 Å². The Balaban J connectivity index is 1.73. The Morgan fingerprint density at radius 1 is 0.938 bits per heavy atom. The van der Waals surface area contributed by atoms with Crippen LogP contribution in [0.5, 0.6) is 5.75 Å². The number of aryl methyl sites for hydroxylation is 1. The van der Waals surface area contributed by atoms with Crippen LogP contribution in [0.1, 0.15) is 31.8 Å². The van der Waals surface area contributed by atoms with Gasteiger partial charge in [0.15, 0.2) is 5.78 Å². The molecule has 3 aromatic rings. The molecular weight excluding hydrogens is 406 g/mol. The van der Waals surface area contributed by atoms with Gasteiger partial charge < -0.3 is 19.8 Å². The average Bonchev–Trinajstić information content (AvgIpc) is 3.16. The second-order valence-electron chi connectivity index (χ2n) is 8.06. The molecule has 2 atom stereocenters. The van der Waals surface area contributed by atoms with Gasteiger partial charge in [-0.25, -0.2) is 0 Å². The van der Waals surface area contributed by atoms with Crippen LogP contribution < -0.4 is 9.64 Å². The number of ether oxygens (including phenoxy) is 1. The van der Waals surface area contributed by atoms with Gasteiger partial charge >= 0.3 is 0 Å². The highest BCUT2D eigenvalue weighted by molar-refractivity contribution is 6.22. The van der Waals surface area contributed by atoms with E-state index in [1.165, 1.54) is 11.1 Å². The Labute approximate surface area is 185 Å². The van der Waals surface area contributed by atoms with Gasteiger partial charge in [-0.3, -0.25) is 9.59 Å². The van der Waals surface area contributed by atoms with E-state index in [9.17, 15) is 19.8 Å². The first-order valence-electron chi connectivity index (χ1n) is 10.2. The largest absolute Gasteiger partial charge is 0.497 e. The highest BCUT2D eigenvalue weighted by Crippen LogP contribution is 2.56. The van der Waals surface area contributed by atoms with E-state index in [2.05, 4.69) is 0 Å². The van der Waals surface area contributed by atoms with Crippen LogP contribution in [-0.2, 0) is 5.72 Å². The lowest BCUT2D eigenvalue weighted by atomic mass is 9.82. The van der Waals surface area contributed by atoms with Gasteiger partial charge in [-0.2, -0.15) is 0 Å². The Bertz CT molecular complexity index is 1280. The van der Waals surface area contributed by atoms with Crippen LogP contribution in [0, 0.1) is 6.92 Å². The number of rotatable bonds is 4. The number of hydrogen-bond donors (Lipinski definition) is 2. The molecule has 0 saturated heterocycles. The highest BCUT2D eigenvalue weighted by Gasteiger charge is 2.71. The Morgan fingerprint density at radius 3 is 2.25 bits per heavy atom. The van der Waals surface area contributed by atoms with E-state index in [1.807, 2.05) is 6.92 Å². The summed E-state index contributed by atoms with van der Waals surface area (Å²) in [6.07, 6.45) is 1.37. The minimum Gasteiger partial charge on any atom is -0.497 e. The van der Waals surface area contributed by atoms with Crippen molar-refractivity contribution >= 4 is 17.3 Å². The summed E-state index contributed by atoms with van der Waals surface area (Å²) in [4.78, 5) is 28.3. The van der Waals surface area contributed by atoms with Crippen LogP contribution in [0.2, 0.25) is 0 Å². The number of Topliss-reactive ketones (excluding diaryl/α,β-unsaturated/α-hetero) is 2. The van der Waals surface area contributed by atoms with Crippen LogP contribution in [-0.4, -0.2) is 34.5 Å². The summed E-state index contributed by atoms with van der Waals surface area (Å²) >= 11 is 0. The third-order valence-corrected chi connectivity index (χ3v) is 6.29. The van der Waals surface area contributed by atoms with Gasteiger partial charge in [-0.1, -0.05) is 54.1 Å². The van der Waals surface area contributed by atoms with Crippen LogP contribution in [0.15, 0.2) is 84.6 Å². The monoisotopic (exact) mass is 427 g/mol. The molecule has 5 rings (SSSR count). The van der Waals surface area contributed by atoms with Crippen LogP contribution in [0.3, 0.4) is 0 Å². The normalized spacial score (nSPS) is 23.6. The summed E-state index contributed by atoms with van der Waals surface area (Å²) in [5, 5.41) is 23.8. The van der Waals surface area contributed by atoms with E-state index < -0.39 is 22.9 Å². The molecule has 0 radical (unpaired) electrons. The maximum absolute atomic E-state index is 13.5. The molecule has 1 aliphatic heterocycles. The second kappa shape index (κ2) is 6.88. The van der Waals surface area contributed by atoms with Crippen molar-refractivity contribution in [2.24, 2.45) is 0 Å². The lowest BCUT2D eigenvalue weighted by Gasteiger charge is -2.39. The Kier molecular flexibility index (Phi) is 4.34. The molecule has 1 heterocycles. The molecule has 6 heteroatoms. The van der Waals surface area contributed by atoms with Crippen molar-refractivity contribution in [3.05, 3.63) is 107 Å². The fourth-order valence-electron chi connectivity index (χ4n) is 4.55. The standard InChI is InChI=1S/C26H21NO5/c1-16-7-9-17(10-8-16)23(28)22-15-27(18-11-13-19(32-2)14-12-18)26(31)21-6-4-3-5-20(21)24(29)25(22,26)30/h3-15,30-31H,1-2H3/t25-,26+/m0/s1. The summed E-state index contributed by atoms with van der Waals surface area (Å²) in [5.41, 5.74) is -2.61. The van der Waals surface area contributed by atoms with E-state index in [0.29, 0.717) is 17.0 Å². The lowest BCUT2D eigenvalue weighted by Crippen LogP contribution is -2.57. The summed E-state index contributed by atoms with van der Waals surface area (Å²) in [5.74, 6) is -0.626. The maximum Gasteiger partial charge on any atom is 0.211 e. The summed E-state index contributed by atoms with van der Waals surface area (Å²) in [6.45, 7) is 1.90. The molecule has 3 aromatic carbocycles. The van der Waals surface area contributed by atoms with Gasteiger partial charge in [0, 0.05) is 28.6 Å². The number of carbonyl (C=O) groups excluding carboxylic acids is 2. The van der Waals surface area contributed by atoms with Crippen LogP contribution >= 0.6 is 0 Å². The molecule has 1 aliphatic carbocycles. The van der Waals surface area contributed by atoms with E-state index in [4.69, 9.17) is 4.74 Å². The molecule has 6 nitrogen and oxygen atoms in total. The van der Waals surface area contributed by atoms with Gasteiger partial charge in [0.25, 0.3) is 0 Å². The Hall–Kier alpha value is -3.74. The van der Waals surface area contributed by atoms with Crippen molar-refractivity contribution in [2.45, 2.75) is 18.2 Å². The fourth-order valence-corrected chi connectivity index (χ4v) is 4.55. The molecule has 0 aromatic heterocycles. The first-order chi connectivity index (χ1) is 15.3.